The SMILES string of the molecule is CNC(=O)c1ccc(NC(C)=O)cc1.[HH].[HH]. The summed E-state index contributed by atoms with van der Waals surface area (Å²) in [5.74, 6) is -0.267. The van der Waals surface area contributed by atoms with Gasteiger partial charge in [-0.25, -0.2) is 0 Å². The summed E-state index contributed by atoms with van der Waals surface area (Å²) in [5, 5.41) is 5.13. The molecule has 4 nitrogen and oxygen atoms in total. The van der Waals surface area contributed by atoms with Crippen LogP contribution in [-0.2, 0) is 4.79 Å². The van der Waals surface area contributed by atoms with Crippen LogP contribution in [0.2, 0.25) is 0 Å². The van der Waals surface area contributed by atoms with Gasteiger partial charge in [-0.1, -0.05) is 0 Å². The molecule has 2 amide bonds. The maximum absolute atomic E-state index is 11.1. The molecule has 78 valence electrons. The second-order valence-electron chi connectivity index (χ2n) is 2.84. The molecule has 0 heterocycles. The van der Waals surface area contributed by atoms with Crippen LogP contribution in [-0.4, -0.2) is 18.9 Å². The van der Waals surface area contributed by atoms with Crippen molar-refractivity contribution in [2.75, 3.05) is 12.4 Å². The fraction of sp³-hybridized carbons (Fsp3) is 0.200. The average molecular weight is 196 g/mol. The Hall–Kier alpha value is -1.84. The second-order valence-corrected chi connectivity index (χ2v) is 2.84. The molecule has 0 radical (unpaired) electrons. The van der Waals surface area contributed by atoms with E-state index in [4.69, 9.17) is 0 Å². The minimum Gasteiger partial charge on any atom is -0.355 e. The highest BCUT2D eigenvalue weighted by molar-refractivity contribution is 5.95. The molecule has 0 aliphatic rings. The van der Waals surface area contributed by atoms with Crippen LogP contribution in [0.3, 0.4) is 0 Å². The van der Waals surface area contributed by atoms with Crippen molar-refractivity contribution in [3.8, 4) is 0 Å². The number of carbonyl (C=O) groups excluding carboxylic acids is 2. The van der Waals surface area contributed by atoms with Gasteiger partial charge in [0.1, 0.15) is 0 Å². The van der Waals surface area contributed by atoms with Crippen LogP contribution in [0.1, 0.15) is 20.1 Å². The number of hydrogen-bond donors (Lipinski definition) is 2. The molecule has 0 fully saturated rings. The molecule has 1 rings (SSSR count). The largest absolute Gasteiger partial charge is 0.355 e. The number of nitrogens with one attached hydrogen (secondary N) is 2. The summed E-state index contributed by atoms with van der Waals surface area (Å²) in [6, 6.07) is 6.69. The van der Waals surface area contributed by atoms with Gasteiger partial charge in [0, 0.05) is 28.1 Å². The van der Waals surface area contributed by atoms with E-state index in [0.29, 0.717) is 11.3 Å². The molecule has 0 saturated carbocycles. The zero-order valence-electron chi connectivity index (χ0n) is 8.13. The molecule has 0 saturated heterocycles. The van der Waals surface area contributed by atoms with Crippen LogP contribution in [0, 0.1) is 0 Å². The van der Waals surface area contributed by atoms with Gasteiger partial charge in [0.2, 0.25) is 5.91 Å². The smallest absolute Gasteiger partial charge is 0.251 e. The number of benzene rings is 1. The van der Waals surface area contributed by atoms with Crippen molar-refractivity contribution in [1.82, 2.24) is 5.32 Å². The minimum absolute atomic E-state index is 0. The molecule has 0 atom stereocenters. The van der Waals surface area contributed by atoms with Gasteiger partial charge in [0.25, 0.3) is 5.91 Å². The summed E-state index contributed by atoms with van der Waals surface area (Å²) in [6.45, 7) is 1.44. The topological polar surface area (TPSA) is 58.2 Å². The van der Waals surface area contributed by atoms with E-state index in [0.717, 1.165) is 0 Å². The molecule has 0 aliphatic heterocycles. The van der Waals surface area contributed by atoms with Crippen molar-refractivity contribution < 1.29 is 12.4 Å². The van der Waals surface area contributed by atoms with Crippen molar-refractivity contribution in [2.45, 2.75) is 6.92 Å². The van der Waals surface area contributed by atoms with Crippen molar-refractivity contribution in [1.29, 1.82) is 0 Å². The molecule has 0 aromatic heterocycles. The predicted octanol–water partition coefficient (Wildman–Crippen LogP) is 1.50. The van der Waals surface area contributed by atoms with Crippen LogP contribution in [0.4, 0.5) is 5.69 Å². The summed E-state index contributed by atoms with van der Waals surface area (Å²) >= 11 is 0. The van der Waals surface area contributed by atoms with Crippen LogP contribution in [0.25, 0.3) is 0 Å². The van der Waals surface area contributed by atoms with Crippen molar-refractivity contribution in [3.05, 3.63) is 29.8 Å². The van der Waals surface area contributed by atoms with Gasteiger partial charge in [0.05, 0.1) is 0 Å². The monoisotopic (exact) mass is 196 g/mol. The lowest BCUT2D eigenvalue weighted by Crippen LogP contribution is -2.17. The number of amides is 2. The Morgan fingerprint density at radius 2 is 1.79 bits per heavy atom. The van der Waals surface area contributed by atoms with E-state index < -0.39 is 0 Å². The Labute approximate surface area is 85.3 Å². The minimum atomic E-state index is -0.139. The first-order valence-corrected chi connectivity index (χ1v) is 4.23. The number of rotatable bonds is 2. The third-order valence-electron chi connectivity index (χ3n) is 1.69. The number of anilines is 1. The van der Waals surface area contributed by atoms with E-state index in [1.807, 2.05) is 0 Å². The third kappa shape index (κ3) is 2.58. The van der Waals surface area contributed by atoms with Gasteiger partial charge in [-0.05, 0) is 24.3 Å². The van der Waals surface area contributed by atoms with Crippen LogP contribution < -0.4 is 10.6 Å². The Morgan fingerprint density at radius 1 is 1.21 bits per heavy atom. The molecular weight excluding hydrogens is 180 g/mol. The zero-order valence-corrected chi connectivity index (χ0v) is 8.13. The molecule has 0 bridgehead atoms. The maximum Gasteiger partial charge on any atom is 0.251 e. The highest BCUT2D eigenvalue weighted by Crippen LogP contribution is 2.08. The van der Waals surface area contributed by atoms with Crippen molar-refractivity contribution in [2.24, 2.45) is 0 Å². The molecule has 1 aromatic carbocycles. The highest BCUT2D eigenvalue weighted by Gasteiger charge is 2.02. The Kier molecular flexibility index (Phi) is 3.23. The molecule has 1 aromatic rings. The fourth-order valence-electron chi connectivity index (χ4n) is 1.05. The van der Waals surface area contributed by atoms with Crippen molar-refractivity contribution >= 4 is 17.5 Å². The highest BCUT2D eigenvalue weighted by atomic mass is 16.2. The van der Waals surface area contributed by atoms with Crippen LogP contribution in [0.5, 0.6) is 0 Å². The normalized spacial score (nSPS) is 9.29. The first kappa shape index (κ1) is 10.2. The van der Waals surface area contributed by atoms with Gasteiger partial charge < -0.3 is 10.6 Å². The van der Waals surface area contributed by atoms with Crippen LogP contribution in [0.15, 0.2) is 24.3 Å². The lowest BCUT2D eigenvalue weighted by molar-refractivity contribution is -0.114. The van der Waals surface area contributed by atoms with Crippen molar-refractivity contribution in [3.63, 3.8) is 0 Å². The molecule has 0 spiro atoms. The van der Waals surface area contributed by atoms with E-state index in [2.05, 4.69) is 10.6 Å². The average Bonchev–Trinajstić information content (AvgIpc) is 2.17. The summed E-state index contributed by atoms with van der Waals surface area (Å²) in [4.78, 5) is 21.8. The van der Waals surface area contributed by atoms with E-state index in [1.165, 1.54) is 6.92 Å². The van der Waals surface area contributed by atoms with Crippen LogP contribution >= 0.6 is 0 Å². The van der Waals surface area contributed by atoms with Gasteiger partial charge in [0.15, 0.2) is 0 Å². The van der Waals surface area contributed by atoms with Gasteiger partial charge in [-0.15, -0.1) is 0 Å². The quantitative estimate of drug-likeness (QED) is 0.753. The first-order valence-electron chi connectivity index (χ1n) is 4.23. The summed E-state index contributed by atoms with van der Waals surface area (Å²) in [6.07, 6.45) is 0. The molecule has 14 heavy (non-hydrogen) atoms. The maximum atomic E-state index is 11.1. The van der Waals surface area contributed by atoms with E-state index in [1.54, 1.807) is 31.3 Å². The lowest BCUT2D eigenvalue weighted by Gasteiger charge is -2.03. The zero-order chi connectivity index (χ0) is 10.6. The van der Waals surface area contributed by atoms with Gasteiger partial charge in [-0.3, -0.25) is 9.59 Å². The van der Waals surface area contributed by atoms with Gasteiger partial charge >= 0.3 is 0 Å². The Balaban J connectivity index is 0. The molecular formula is C10H16N2O2. The third-order valence-corrected chi connectivity index (χ3v) is 1.69. The molecule has 0 aliphatic carbocycles. The molecule has 2 N–H and O–H groups in total. The predicted molar refractivity (Wildman–Crippen MR) is 58.4 cm³/mol. The van der Waals surface area contributed by atoms with E-state index in [-0.39, 0.29) is 14.7 Å². The number of hydrogen-bond acceptors (Lipinski definition) is 2. The molecule has 4 heteroatoms. The summed E-state index contributed by atoms with van der Waals surface area (Å²) in [5.41, 5.74) is 1.26. The molecule has 0 unspecified atom stereocenters. The van der Waals surface area contributed by atoms with E-state index in [9.17, 15) is 9.59 Å². The Morgan fingerprint density at radius 3 is 2.21 bits per heavy atom. The fourth-order valence-corrected chi connectivity index (χ4v) is 1.05. The summed E-state index contributed by atoms with van der Waals surface area (Å²) in [7, 11) is 1.57. The second kappa shape index (κ2) is 4.41. The summed E-state index contributed by atoms with van der Waals surface area (Å²) < 4.78 is 0. The lowest BCUT2D eigenvalue weighted by atomic mass is 10.2. The number of carbonyl (C=O) groups is 2. The van der Waals surface area contributed by atoms with Gasteiger partial charge in [-0.2, -0.15) is 0 Å². The Bertz CT molecular complexity index is 352. The standard InChI is InChI=1S/C10H12N2O2.2H2/c1-7(13)12-9-5-3-8(4-6-9)10(14)11-2;;/h3-6H,1-2H3,(H,11,14)(H,12,13);2*1H. The first-order chi connectivity index (χ1) is 6.63. The van der Waals surface area contributed by atoms with E-state index >= 15 is 0 Å².